The molecule has 0 aromatic carbocycles. The number of aromatic hydroxyl groups is 2. The number of Topliss-reactive ketones (excluding diaryl/α,β-unsaturated/α-hetero) is 1. The van der Waals surface area contributed by atoms with Gasteiger partial charge in [-0.05, 0) is 19.1 Å². The van der Waals surface area contributed by atoms with Crippen molar-refractivity contribution in [3.05, 3.63) is 12.1 Å². The van der Waals surface area contributed by atoms with Gasteiger partial charge in [0.2, 0.25) is 11.8 Å². The Kier molecular flexibility index (Phi) is 3.68. The third-order valence-corrected chi connectivity index (χ3v) is 1.95. The van der Waals surface area contributed by atoms with Crippen LogP contribution in [0.25, 0.3) is 0 Å². The standard InChI is InChI=1S/C9H11NO4S/c1-6(11)2-5-9(15)14-10-7(12)3-4-8(10)13/h3-4,12-13H,2,5H2,1H3. The van der Waals surface area contributed by atoms with E-state index in [4.69, 9.17) is 17.1 Å². The van der Waals surface area contributed by atoms with Crippen LogP contribution in [-0.2, 0) is 4.79 Å². The van der Waals surface area contributed by atoms with Crippen molar-refractivity contribution in [3.8, 4) is 11.8 Å². The van der Waals surface area contributed by atoms with Crippen LogP contribution in [0.2, 0.25) is 0 Å². The maximum absolute atomic E-state index is 10.7. The second-order valence-electron chi connectivity index (χ2n) is 3.01. The fourth-order valence-corrected chi connectivity index (χ4v) is 1.10. The molecule has 0 bridgehead atoms. The molecular formula is C9H11NO4S. The van der Waals surface area contributed by atoms with Gasteiger partial charge in [-0.1, -0.05) is 0 Å². The summed E-state index contributed by atoms with van der Waals surface area (Å²) in [5, 5.41) is 18.5. The summed E-state index contributed by atoms with van der Waals surface area (Å²) in [5.74, 6) is -0.503. The second kappa shape index (κ2) is 4.79. The van der Waals surface area contributed by atoms with E-state index >= 15 is 0 Å². The predicted octanol–water partition coefficient (Wildman–Crippen LogP) is 1.02. The maximum atomic E-state index is 10.7. The third-order valence-electron chi connectivity index (χ3n) is 1.67. The quantitative estimate of drug-likeness (QED) is 0.754. The number of carbonyl (C=O) groups is 1. The molecule has 5 nitrogen and oxygen atoms in total. The highest BCUT2D eigenvalue weighted by Crippen LogP contribution is 2.19. The monoisotopic (exact) mass is 229 g/mol. The lowest BCUT2D eigenvalue weighted by atomic mass is 10.2. The van der Waals surface area contributed by atoms with Crippen molar-refractivity contribution in [3.63, 3.8) is 0 Å². The molecule has 15 heavy (non-hydrogen) atoms. The summed E-state index contributed by atoms with van der Waals surface area (Å²) in [7, 11) is 0. The first-order valence-corrected chi connectivity index (χ1v) is 4.72. The fourth-order valence-electron chi connectivity index (χ4n) is 0.921. The Morgan fingerprint density at radius 3 is 2.40 bits per heavy atom. The molecule has 1 aromatic rings. The number of carbonyl (C=O) groups excluding carboxylic acids is 1. The maximum Gasteiger partial charge on any atom is 0.229 e. The average molecular weight is 229 g/mol. The highest BCUT2D eigenvalue weighted by Gasteiger charge is 2.09. The van der Waals surface area contributed by atoms with E-state index in [1.165, 1.54) is 19.1 Å². The summed E-state index contributed by atoms with van der Waals surface area (Å²) in [6.45, 7) is 1.45. The number of nitrogens with zero attached hydrogens (tertiary/aromatic N) is 1. The summed E-state index contributed by atoms with van der Waals surface area (Å²) in [4.78, 5) is 15.6. The van der Waals surface area contributed by atoms with Crippen LogP contribution in [0.15, 0.2) is 12.1 Å². The van der Waals surface area contributed by atoms with Gasteiger partial charge in [0.25, 0.3) is 0 Å². The molecule has 1 aromatic heterocycles. The van der Waals surface area contributed by atoms with Crippen LogP contribution in [0.5, 0.6) is 11.8 Å². The summed E-state index contributed by atoms with van der Waals surface area (Å²) in [6.07, 6.45) is 0.559. The first-order valence-electron chi connectivity index (χ1n) is 4.31. The van der Waals surface area contributed by atoms with Gasteiger partial charge in [-0.15, -0.1) is 4.73 Å². The van der Waals surface area contributed by atoms with Gasteiger partial charge in [0.05, 0.1) is 0 Å². The van der Waals surface area contributed by atoms with Crippen molar-refractivity contribution in [2.45, 2.75) is 19.8 Å². The largest absolute Gasteiger partial charge is 0.492 e. The molecule has 1 heterocycles. The number of ketones is 1. The minimum Gasteiger partial charge on any atom is -0.492 e. The number of thiocarbonyl (C=S) groups is 1. The first kappa shape index (κ1) is 11.5. The molecule has 0 saturated heterocycles. The molecule has 0 radical (unpaired) electrons. The zero-order chi connectivity index (χ0) is 11.4. The van der Waals surface area contributed by atoms with Crippen molar-refractivity contribution in [1.29, 1.82) is 0 Å². The highest BCUT2D eigenvalue weighted by atomic mass is 32.1. The van der Waals surface area contributed by atoms with Crippen LogP contribution in [0.3, 0.4) is 0 Å². The third kappa shape index (κ3) is 3.25. The van der Waals surface area contributed by atoms with Crippen LogP contribution >= 0.6 is 12.2 Å². The Balaban J connectivity index is 2.55. The van der Waals surface area contributed by atoms with Crippen molar-refractivity contribution in [2.75, 3.05) is 0 Å². The zero-order valence-corrected chi connectivity index (χ0v) is 8.95. The molecule has 2 N–H and O–H groups in total. The topological polar surface area (TPSA) is 71.7 Å². The normalized spacial score (nSPS) is 9.93. The lowest BCUT2D eigenvalue weighted by Crippen LogP contribution is -2.17. The summed E-state index contributed by atoms with van der Waals surface area (Å²) >= 11 is 4.82. The van der Waals surface area contributed by atoms with Gasteiger partial charge in [0, 0.05) is 25.0 Å². The summed E-state index contributed by atoms with van der Waals surface area (Å²) < 4.78 is 0.794. The van der Waals surface area contributed by atoms with Crippen LogP contribution < -0.4 is 4.84 Å². The van der Waals surface area contributed by atoms with E-state index in [-0.39, 0.29) is 35.4 Å². The van der Waals surface area contributed by atoms with E-state index in [2.05, 4.69) is 0 Å². The van der Waals surface area contributed by atoms with E-state index in [9.17, 15) is 15.0 Å². The number of rotatable bonds is 4. The molecule has 0 aliphatic rings. The zero-order valence-electron chi connectivity index (χ0n) is 8.14. The van der Waals surface area contributed by atoms with E-state index < -0.39 is 0 Å². The first-order chi connectivity index (χ1) is 7.00. The van der Waals surface area contributed by atoms with E-state index in [0.29, 0.717) is 0 Å². The molecule has 82 valence electrons. The number of hydrogen-bond donors (Lipinski definition) is 2. The molecule has 0 atom stereocenters. The lowest BCUT2D eigenvalue weighted by Gasteiger charge is -2.08. The van der Waals surface area contributed by atoms with Gasteiger partial charge < -0.3 is 19.8 Å². The van der Waals surface area contributed by atoms with E-state index in [0.717, 1.165) is 4.73 Å². The molecule has 6 heteroatoms. The molecule has 0 aliphatic heterocycles. The Labute approximate surface area is 91.9 Å². The van der Waals surface area contributed by atoms with Gasteiger partial charge in [0.15, 0.2) is 5.05 Å². The SMILES string of the molecule is CC(=O)CCC(=S)On1c(O)ccc1O. The fraction of sp³-hybridized carbons (Fsp3) is 0.333. The number of hydrogen-bond acceptors (Lipinski definition) is 5. The van der Waals surface area contributed by atoms with Crippen molar-refractivity contribution < 1.29 is 19.8 Å². The van der Waals surface area contributed by atoms with Gasteiger partial charge in [-0.3, -0.25) is 0 Å². The van der Waals surface area contributed by atoms with Gasteiger partial charge >= 0.3 is 0 Å². The molecule has 0 amide bonds. The molecule has 0 spiro atoms. The van der Waals surface area contributed by atoms with E-state index in [1.807, 2.05) is 0 Å². The van der Waals surface area contributed by atoms with Crippen LogP contribution in [0, 0.1) is 0 Å². The molecule has 1 rings (SSSR count). The van der Waals surface area contributed by atoms with Crippen molar-refractivity contribution in [1.82, 2.24) is 4.73 Å². The van der Waals surface area contributed by atoms with Gasteiger partial charge in [0.1, 0.15) is 5.78 Å². The highest BCUT2D eigenvalue weighted by molar-refractivity contribution is 7.80. The molecule has 0 saturated carbocycles. The molecule has 0 unspecified atom stereocenters. The predicted molar refractivity (Wildman–Crippen MR) is 56.9 cm³/mol. The lowest BCUT2D eigenvalue weighted by molar-refractivity contribution is -0.116. The minimum absolute atomic E-state index is 0.00176. The Bertz CT molecular complexity index is 366. The van der Waals surface area contributed by atoms with E-state index in [1.54, 1.807) is 0 Å². The Morgan fingerprint density at radius 2 is 1.93 bits per heavy atom. The number of aromatic nitrogens is 1. The molecule has 0 fully saturated rings. The Hall–Kier alpha value is -1.56. The van der Waals surface area contributed by atoms with Crippen molar-refractivity contribution >= 4 is 23.1 Å². The second-order valence-corrected chi connectivity index (χ2v) is 3.46. The summed E-state index contributed by atoms with van der Waals surface area (Å²) in [5.41, 5.74) is 0. The van der Waals surface area contributed by atoms with Crippen LogP contribution in [0.4, 0.5) is 0 Å². The van der Waals surface area contributed by atoms with Gasteiger partial charge in [-0.25, -0.2) is 0 Å². The minimum atomic E-state index is -0.252. The van der Waals surface area contributed by atoms with Crippen LogP contribution in [0.1, 0.15) is 19.8 Å². The Morgan fingerprint density at radius 1 is 1.40 bits per heavy atom. The molecular weight excluding hydrogens is 218 g/mol. The average Bonchev–Trinajstić information content (AvgIpc) is 2.46. The van der Waals surface area contributed by atoms with Crippen LogP contribution in [-0.4, -0.2) is 25.8 Å². The van der Waals surface area contributed by atoms with Gasteiger partial charge in [-0.2, -0.15) is 0 Å². The summed E-state index contributed by atoms with van der Waals surface area (Å²) in [6, 6.07) is 2.53. The smallest absolute Gasteiger partial charge is 0.229 e. The molecule has 0 aliphatic carbocycles. The van der Waals surface area contributed by atoms with Crippen molar-refractivity contribution in [2.24, 2.45) is 0 Å².